The van der Waals surface area contributed by atoms with Crippen LogP contribution in [0.5, 0.6) is 0 Å². The molecule has 1 N–H and O–H groups in total. The summed E-state index contributed by atoms with van der Waals surface area (Å²) in [5.41, 5.74) is -1.57. The Morgan fingerprint density at radius 3 is 2.12 bits per heavy atom. The zero-order valence-electron chi connectivity index (χ0n) is 20.2. The molecule has 0 aromatic heterocycles. The third-order valence-electron chi connectivity index (χ3n) is 6.39. The van der Waals surface area contributed by atoms with Crippen molar-refractivity contribution in [2.45, 2.75) is 29.5 Å². The minimum atomic E-state index is -3.45. The van der Waals surface area contributed by atoms with Crippen molar-refractivity contribution >= 4 is 81.2 Å². The second kappa shape index (κ2) is 12.1. The van der Waals surface area contributed by atoms with E-state index in [1.165, 1.54) is 18.2 Å². The van der Waals surface area contributed by atoms with E-state index in [9.17, 15) is 36.3 Å². The predicted octanol–water partition coefficient (Wildman–Crippen LogP) is 8.39. The number of nitrogens with one attached hydrogen (secondary N) is 1. The minimum absolute atomic E-state index is 0.207. The monoisotopic (exact) mass is 671 g/mol. The number of hydrogen-bond acceptors (Lipinski definition) is 3. The molecule has 14 heteroatoms. The smallest absolute Gasteiger partial charge is 0.296 e. The molecule has 4 nitrogen and oxygen atoms in total. The van der Waals surface area contributed by atoms with Crippen LogP contribution in [0.3, 0.4) is 0 Å². The zero-order chi connectivity index (χ0) is 30.4. The van der Waals surface area contributed by atoms with Crippen LogP contribution < -0.4 is 5.32 Å². The molecule has 4 rings (SSSR count). The Kier molecular flexibility index (Phi) is 9.26. The summed E-state index contributed by atoms with van der Waals surface area (Å²) in [5, 5.41) is 2.35. The Bertz CT molecular complexity index is 1560. The topological polar surface area (TPSA) is 63.2 Å². The van der Waals surface area contributed by atoms with E-state index < -0.39 is 92.1 Å². The van der Waals surface area contributed by atoms with Crippen LogP contribution in [0.15, 0.2) is 42.5 Å². The molecule has 0 saturated heterocycles. The highest BCUT2D eigenvalue weighted by Crippen LogP contribution is 2.65. The SMILES string of the molecule is O=C(Cc1ccc(F)c(CC(=O)C(F)F)c1F)c1cc(NC(=O)C2[C@H](c3cc(Cl)cc(Cl)c3)C2(Cl)Cl)cc(F)c1Cl. The van der Waals surface area contributed by atoms with Gasteiger partial charge in [0.15, 0.2) is 5.78 Å². The van der Waals surface area contributed by atoms with Crippen LogP contribution in [0, 0.1) is 23.4 Å². The number of hydrogen-bond donors (Lipinski definition) is 1. The lowest BCUT2D eigenvalue weighted by molar-refractivity contribution is -0.128. The molecule has 1 amide bonds. The van der Waals surface area contributed by atoms with Gasteiger partial charge in [-0.1, -0.05) is 40.9 Å². The summed E-state index contributed by atoms with van der Waals surface area (Å²) < 4.78 is 67.2. The Morgan fingerprint density at radius 2 is 1.51 bits per heavy atom. The first-order chi connectivity index (χ1) is 19.1. The molecule has 1 aliphatic rings. The van der Waals surface area contributed by atoms with Crippen LogP contribution in [0.2, 0.25) is 15.1 Å². The van der Waals surface area contributed by atoms with Crippen LogP contribution in [0.4, 0.5) is 27.6 Å². The van der Waals surface area contributed by atoms with Crippen molar-refractivity contribution < 1.29 is 36.3 Å². The molecule has 216 valence electrons. The fourth-order valence-corrected chi connectivity index (χ4v) is 5.96. The number of halogens is 10. The van der Waals surface area contributed by atoms with Gasteiger partial charge in [-0.05, 0) is 47.5 Å². The fourth-order valence-electron chi connectivity index (χ4n) is 4.37. The minimum Gasteiger partial charge on any atom is -0.326 e. The van der Waals surface area contributed by atoms with Gasteiger partial charge in [0.25, 0.3) is 6.43 Å². The van der Waals surface area contributed by atoms with E-state index in [2.05, 4.69) is 5.32 Å². The Labute approximate surface area is 254 Å². The van der Waals surface area contributed by atoms with Crippen molar-refractivity contribution in [3.63, 3.8) is 0 Å². The number of benzene rings is 3. The number of amides is 1. The van der Waals surface area contributed by atoms with Gasteiger partial charge in [0.2, 0.25) is 11.7 Å². The number of Topliss-reactive ketones (excluding diaryl/α,β-unsaturated/α-hetero) is 2. The highest BCUT2D eigenvalue weighted by Gasteiger charge is 2.67. The third-order valence-corrected chi connectivity index (χ3v) is 8.15. The molecule has 0 heterocycles. The van der Waals surface area contributed by atoms with Crippen molar-refractivity contribution in [2.75, 3.05) is 5.32 Å². The van der Waals surface area contributed by atoms with Gasteiger partial charge in [-0.25, -0.2) is 22.0 Å². The first-order valence-corrected chi connectivity index (χ1v) is 13.4. The molecular formula is C27H15Cl5F5NO3. The van der Waals surface area contributed by atoms with Crippen LogP contribution in [-0.4, -0.2) is 28.2 Å². The first kappa shape index (κ1) is 31.5. The maximum atomic E-state index is 14.9. The predicted molar refractivity (Wildman–Crippen MR) is 146 cm³/mol. The van der Waals surface area contributed by atoms with Gasteiger partial charge in [0, 0.05) is 45.6 Å². The summed E-state index contributed by atoms with van der Waals surface area (Å²) >= 11 is 30.7. The maximum absolute atomic E-state index is 14.9. The summed E-state index contributed by atoms with van der Waals surface area (Å²) in [6.07, 6.45) is -5.48. The highest BCUT2D eigenvalue weighted by molar-refractivity contribution is 6.53. The molecule has 1 fully saturated rings. The van der Waals surface area contributed by atoms with Crippen LogP contribution in [-0.2, 0) is 22.4 Å². The molecule has 2 atom stereocenters. The van der Waals surface area contributed by atoms with Gasteiger partial charge in [0.1, 0.15) is 21.8 Å². The van der Waals surface area contributed by atoms with Gasteiger partial charge in [-0.15, -0.1) is 23.2 Å². The van der Waals surface area contributed by atoms with E-state index >= 15 is 0 Å². The van der Waals surface area contributed by atoms with Crippen LogP contribution in [0.1, 0.15) is 33.0 Å². The summed E-state index contributed by atoms with van der Waals surface area (Å²) in [6, 6.07) is 8.01. The van der Waals surface area contributed by atoms with E-state index in [4.69, 9.17) is 58.0 Å². The van der Waals surface area contributed by atoms with Gasteiger partial charge in [-0.3, -0.25) is 14.4 Å². The number of rotatable bonds is 9. The number of alkyl halides is 4. The summed E-state index contributed by atoms with van der Waals surface area (Å²) in [7, 11) is 0. The van der Waals surface area contributed by atoms with E-state index in [0.29, 0.717) is 11.6 Å². The van der Waals surface area contributed by atoms with E-state index in [1.54, 1.807) is 0 Å². The molecule has 3 aromatic carbocycles. The molecule has 3 aromatic rings. The van der Waals surface area contributed by atoms with E-state index in [1.807, 2.05) is 0 Å². The van der Waals surface area contributed by atoms with Gasteiger partial charge < -0.3 is 5.32 Å². The lowest BCUT2D eigenvalue weighted by Crippen LogP contribution is -2.18. The Balaban J connectivity index is 1.56. The van der Waals surface area contributed by atoms with Crippen molar-refractivity contribution in [2.24, 2.45) is 5.92 Å². The first-order valence-electron chi connectivity index (χ1n) is 11.5. The summed E-state index contributed by atoms with van der Waals surface area (Å²) in [4.78, 5) is 37.3. The summed E-state index contributed by atoms with van der Waals surface area (Å²) in [5.74, 6) is -8.86. The zero-order valence-corrected chi connectivity index (χ0v) is 24.0. The van der Waals surface area contributed by atoms with Crippen molar-refractivity contribution in [1.82, 2.24) is 0 Å². The van der Waals surface area contributed by atoms with Crippen LogP contribution >= 0.6 is 58.0 Å². The van der Waals surface area contributed by atoms with Gasteiger partial charge in [-0.2, -0.15) is 0 Å². The Morgan fingerprint density at radius 1 is 0.878 bits per heavy atom. The largest absolute Gasteiger partial charge is 0.326 e. The molecule has 1 aliphatic carbocycles. The molecule has 0 spiro atoms. The molecule has 0 aliphatic heterocycles. The molecule has 0 radical (unpaired) electrons. The molecule has 41 heavy (non-hydrogen) atoms. The molecule has 1 unspecified atom stereocenters. The third kappa shape index (κ3) is 6.65. The van der Waals surface area contributed by atoms with E-state index in [-0.39, 0.29) is 15.7 Å². The van der Waals surface area contributed by atoms with Gasteiger partial charge in [0.05, 0.1) is 10.9 Å². The van der Waals surface area contributed by atoms with Crippen molar-refractivity contribution in [1.29, 1.82) is 0 Å². The normalized spacial score (nSPS) is 17.4. The standard InChI is InChI=1S/C27H15Cl5F5NO3/c28-12-3-11(4-13(29)6-12)21-22(27(21,31)32)26(41)38-14-7-16(23(30)18(34)8-14)19(39)5-10-1-2-17(33)15(24(10)35)9-20(40)25(36)37/h1-4,6-8,21-22,25H,5,9H2,(H,38,41)/t21-,22?/m0/s1. The van der Waals surface area contributed by atoms with Crippen LogP contribution in [0.25, 0.3) is 0 Å². The maximum Gasteiger partial charge on any atom is 0.296 e. The number of carbonyl (C=O) groups is 3. The van der Waals surface area contributed by atoms with Crippen molar-refractivity contribution in [3.05, 3.63) is 97.2 Å². The second-order valence-electron chi connectivity index (χ2n) is 9.18. The Hall–Kier alpha value is -2.43. The highest BCUT2D eigenvalue weighted by atomic mass is 35.5. The summed E-state index contributed by atoms with van der Waals surface area (Å²) in [6.45, 7) is 0. The lowest BCUT2D eigenvalue weighted by atomic mass is 9.98. The van der Waals surface area contributed by atoms with Gasteiger partial charge >= 0.3 is 0 Å². The van der Waals surface area contributed by atoms with E-state index in [0.717, 1.165) is 18.2 Å². The second-order valence-corrected chi connectivity index (χ2v) is 11.9. The number of carbonyl (C=O) groups excluding carboxylic acids is 3. The number of ketones is 2. The fraction of sp³-hybridized carbons (Fsp3) is 0.222. The molecule has 0 bridgehead atoms. The van der Waals surface area contributed by atoms with Crippen molar-refractivity contribution in [3.8, 4) is 0 Å². The quantitative estimate of drug-likeness (QED) is 0.141. The molecular weight excluding hydrogens is 659 g/mol. The average Bonchev–Trinajstić information content (AvgIpc) is 3.46. The number of anilines is 1. The lowest BCUT2D eigenvalue weighted by Gasteiger charge is -2.12. The molecule has 1 saturated carbocycles. The average molecular weight is 674 g/mol.